The number of alkyl halides is 1. The summed E-state index contributed by atoms with van der Waals surface area (Å²) in [5.41, 5.74) is 0.0936. The SMILES string of the molecule is O=S([O-])[C@@](F)(c1ccc2ccccc2c1)[C@@H](Oc1ccccn1)C1CCCCC1. The molecule has 1 aromatic heterocycles. The molecule has 29 heavy (non-hydrogen) atoms. The number of benzene rings is 2. The standard InChI is InChI=1S/C23H24FNO3S/c24-23(29(26)27,20-14-13-17-8-4-5-11-19(17)16-20)22(18-9-2-1-3-10-18)28-21-12-6-7-15-25-21/h4-8,11-16,18,22H,1-3,9-10H2,(H,26,27)/p-1/t22-,23-/m0/s1. The quantitative estimate of drug-likeness (QED) is 0.518. The fourth-order valence-electron chi connectivity index (χ4n) is 4.22. The first-order valence-electron chi connectivity index (χ1n) is 9.94. The second kappa shape index (κ2) is 8.59. The third-order valence-corrected chi connectivity index (χ3v) is 6.67. The van der Waals surface area contributed by atoms with Crippen LogP contribution >= 0.6 is 0 Å². The lowest BCUT2D eigenvalue weighted by atomic mass is 9.81. The van der Waals surface area contributed by atoms with Crippen LogP contribution in [0.4, 0.5) is 4.39 Å². The molecule has 1 fully saturated rings. The van der Waals surface area contributed by atoms with Gasteiger partial charge < -0.3 is 9.29 Å². The number of pyridine rings is 1. The van der Waals surface area contributed by atoms with Gasteiger partial charge in [-0.3, -0.25) is 4.21 Å². The first-order valence-corrected chi connectivity index (χ1v) is 11.0. The topological polar surface area (TPSA) is 62.2 Å². The molecule has 0 bridgehead atoms. The fourth-order valence-corrected chi connectivity index (χ4v) is 4.97. The molecule has 6 heteroatoms. The van der Waals surface area contributed by atoms with Gasteiger partial charge in [0, 0.05) is 23.7 Å². The number of fused-ring (bicyclic) bond motifs is 1. The predicted molar refractivity (Wildman–Crippen MR) is 111 cm³/mol. The van der Waals surface area contributed by atoms with Crippen molar-refractivity contribution in [2.24, 2.45) is 5.92 Å². The second-order valence-corrected chi connectivity index (χ2v) is 8.61. The summed E-state index contributed by atoms with van der Waals surface area (Å²) in [7, 11) is 0. The zero-order chi connectivity index (χ0) is 20.3. The summed E-state index contributed by atoms with van der Waals surface area (Å²) in [5, 5.41) is -0.961. The van der Waals surface area contributed by atoms with Crippen molar-refractivity contribution in [1.29, 1.82) is 0 Å². The molecule has 0 N–H and O–H groups in total. The van der Waals surface area contributed by atoms with Crippen LogP contribution in [0.25, 0.3) is 10.8 Å². The molecular formula is C23H23FNO3S-. The summed E-state index contributed by atoms with van der Waals surface area (Å²) in [6.07, 6.45) is 4.79. The van der Waals surface area contributed by atoms with E-state index in [9.17, 15) is 8.76 Å². The van der Waals surface area contributed by atoms with E-state index in [1.165, 1.54) is 0 Å². The molecule has 3 atom stereocenters. The van der Waals surface area contributed by atoms with Crippen LogP contribution in [0.15, 0.2) is 66.9 Å². The lowest BCUT2D eigenvalue weighted by Gasteiger charge is -2.41. The molecule has 0 aliphatic heterocycles. The monoisotopic (exact) mass is 412 g/mol. The normalized spacial score (nSPS) is 19.4. The molecule has 0 spiro atoms. The Kier molecular flexibility index (Phi) is 5.92. The van der Waals surface area contributed by atoms with Gasteiger partial charge in [0.1, 0.15) is 0 Å². The summed E-state index contributed by atoms with van der Waals surface area (Å²) in [4.78, 5) is 4.14. The first kappa shape index (κ1) is 20.0. The van der Waals surface area contributed by atoms with Crippen molar-refractivity contribution in [1.82, 2.24) is 4.98 Å². The Morgan fingerprint density at radius 3 is 2.45 bits per heavy atom. The Hall–Kier alpha value is -2.31. The van der Waals surface area contributed by atoms with E-state index in [1.54, 1.807) is 42.6 Å². The van der Waals surface area contributed by atoms with Crippen LogP contribution in [0, 0.1) is 5.92 Å². The van der Waals surface area contributed by atoms with Gasteiger partial charge in [0.15, 0.2) is 6.10 Å². The third kappa shape index (κ3) is 4.05. The highest BCUT2D eigenvalue weighted by atomic mass is 32.2. The lowest BCUT2D eigenvalue weighted by molar-refractivity contribution is 0.00433. The number of hydrogen-bond acceptors (Lipinski definition) is 4. The number of nitrogens with zero attached hydrogens (tertiary/aromatic N) is 1. The summed E-state index contributed by atoms with van der Waals surface area (Å²) >= 11 is -3.04. The van der Waals surface area contributed by atoms with Crippen molar-refractivity contribution in [3.05, 3.63) is 72.4 Å². The van der Waals surface area contributed by atoms with E-state index in [2.05, 4.69) is 4.98 Å². The van der Waals surface area contributed by atoms with Gasteiger partial charge in [-0.2, -0.15) is 0 Å². The highest BCUT2D eigenvalue weighted by molar-refractivity contribution is 7.80. The van der Waals surface area contributed by atoms with Crippen molar-refractivity contribution in [3.8, 4) is 5.88 Å². The van der Waals surface area contributed by atoms with E-state index in [0.29, 0.717) is 0 Å². The molecule has 4 rings (SSSR count). The highest BCUT2D eigenvalue weighted by Crippen LogP contribution is 2.43. The highest BCUT2D eigenvalue weighted by Gasteiger charge is 2.49. The maximum Gasteiger partial charge on any atom is 0.233 e. The minimum atomic E-state index is -3.04. The average Bonchev–Trinajstić information content (AvgIpc) is 2.78. The molecule has 4 nitrogen and oxygen atoms in total. The van der Waals surface area contributed by atoms with E-state index < -0.39 is 22.2 Å². The smallest absolute Gasteiger partial charge is 0.233 e. The van der Waals surface area contributed by atoms with E-state index in [-0.39, 0.29) is 17.4 Å². The third-order valence-electron chi connectivity index (χ3n) is 5.72. The molecular weight excluding hydrogens is 389 g/mol. The van der Waals surface area contributed by atoms with E-state index in [4.69, 9.17) is 4.74 Å². The molecule has 1 saturated carbocycles. The zero-order valence-corrected chi connectivity index (χ0v) is 16.8. The maximum atomic E-state index is 16.5. The molecule has 1 aliphatic carbocycles. The van der Waals surface area contributed by atoms with Crippen LogP contribution in [0.2, 0.25) is 0 Å². The predicted octanol–water partition coefficient (Wildman–Crippen LogP) is 5.26. The second-order valence-electron chi connectivity index (χ2n) is 7.55. The Balaban J connectivity index is 1.80. The summed E-state index contributed by atoms with van der Waals surface area (Å²) in [5.74, 6) is 0.0245. The molecule has 0 saturated heterocycles. The van der Waals surface area contributed by atoms with Gasteiger partial charge in [0.25, 0.3) is 0 Å². The molecule has 2 aromatic carbocycles. The van der Waals surface area contributed by atoms with Crippen LogP contribution in [0.1, 0.15) is 37.7 Å². The van der Waals surface area contributed by atoms with Gasteiger partial charge >= 0.3 is 0 Å². The lowest BCUT2D eigenvalue weighted by Crippen LogP contribution is -2.48. The van der Waals surface area contributed by atoms with Crippen molar-refractivity contribution in [2.45, 2.75) is 43.2 Å². The fraction of sp³-hybridized carbons (Fsp3) is 0.348. The Morgan fingerprint density at radius 2 is 1.76 bits per heavy atom. The largest absolute Gasteiger partial charge is 0.770 e. The van der Waals surface area contributed by atoms with Crippen LogP contribution in [0.3, 0.4) is 0 Å². The number of rotatable bonds is 6. The van der Waals surface area contributed by atoms with E-state index >= 15 is 4.39 Å². The first-order chi connectivity index (χ1) is 14.1. The average molecular weight is 413 g/mol. The summed E-state index contributed by atoms with van der Waals surface area (Å²) < 4.78 is 47.2. The van der Waals surface area contributed by atoms with Crippen molar-refractivity contribution >= 4 is 21.9 Å². The van der Waals surface area contributed by atoms with Crippen LogP contribution in [-0.2, 0) is 16.1 Å². The van der Waals surface area contributed by atoms with Crippen molar-refractivity contribution in [3.63, 3.8) is 0 Å². The molecule has 3 aromatic rings. The molecule has 0 radical (unpaired) electrons. The van der Waals surface area contributed by atoms with Gasteiger partial charge in [-0.05, 0) is 46.8 Å². The van der Waals surface area contributed by atoms with Crippen molar-refractivity contribution in [2.75, 3.05) is 0 Å². The number of aromatic nitrogens is 1. The Bertz CT molecular complexity index is 994. The van der Waals surface area contributed by atoms with Crippen LogP contribution in [-0.4, -0.2) is 19.8 Å². The molecule has 1 unspecified atom stereocenters. The number of hydrogen-bond donors (Lipinski definition) is 0. The van der Waals surface area contributed by atoms with Gasteiger partial charge in [-0.25, -0.2) is 9.37 Å². The van der Waals surface area contributed by atoms with Gasteiger partial charge in [0.05, 0.1) is 0 Å². The summed E-state index contributed by atoms with van der Waals surface area (Å²) in [6.45, 7) is 0. The van der Waals surface area contributed by atoms with Gasteiger partial charge in [-0.1, -0.05) is 61.7 Å². The molecule has 1 heterocycles. The molecule has 152 valence electrons. The molecule has 1 aliphatic rings. The van der Waals surface area contributed by atoms with Crippen LogP contribution in [0.5, 0.6) is 5.88 Å². The van der Waals surface area contributed by atoms with E-state index in [1.807, 2.05) is 24.3 Å². The molecule has 0 amide bonds. The van der Waals surface area contributed by atoms with Gasteiger partial charge in [-0.15, -0.1) is 0 Å². The summed E-state index contributed by atoms with van der Waals surface area (Å²) in [6, 6.07) is 17.5. The number of ether oxygens (including phenoxy) is 1. The number of halogens is 1. The van der Waals surface area contributed by atoms with Crippen molar-refractivity contribution < 1.29 is 17.9 Å². The van der Waals surface area contributed by atoms with E-state index in [0.717, 1.165) is 42.9 Å². The van der Waals surface area contributed by atoms with Crippen LogP contribution < -0.4 is 4.74 Å². The zero-order valence-electron chi connectivity index (χ0n) is 16.0. The minimum absolute atomic E-state index is 0.0936. The van der Waals surface area contributed by atoms with Gasteiger partial charge in [0.2, 0.25) is 10.9 Å². The Morgan fingerprint density at radius 1 is 1.03 bits per heavy atom. The maximum absolute atomic E-state index is 16.5. The Labute approximate surface area is 172 Å². The minimum Gasteiger partial charge on any atom is -0.770 e.